The fourth-order valence-corrected chi connectivity index (χ4v) is 2.31. The molecule has 1 aromatic rings. The minimum atomic E-state index is -4.27. The zero-order valence-electron chi connectivity index (χ0n) is 11.6. The van der Waals surface area contributed by atoms with Gasteiger partial charge in [-0.3, -0.25) is 4.90 Å². The van der Waals surface area contributed by atoms with Crippen LogP contribution in [0.4, 0.5) is 18.9 Å². The van der Waals surface area contributed by atoms with Crippen molar-refractivity contribution in [3.8, 4) is 0 Å². The fraction of sp³-hybridized carbons (Fsp3) is 0.500. The smallest absolute Gasteiger partial charge is 0.401 e. The molecule has 0 unspecified atom stereocenters. The SMILES string of the molecule is COC(=O)c1c(N)cccc1CN(CC(F)(F)F)C1CC1. The molecule has 1 saturated carbocycles. The summed E-state index contributed by atoms with van der Waals surface area (Å²) in [5.74, 6) is -0.633. The summed E-state index contributed by atoms with van der Waals surface area (Å²) in [6, 6.07) is 4.67. The third-order valence-corrected chi connectivity index (χ3v) is 3.39. The van der Waals surface area contributed by atoms with Crippen molar-refractivity contribution in [2.45, 2.75) is 31.6 Å². The molecule has 0 saturated heterocycles. The quantitative estimate of drug-likeness (QED) is 0.671. The van der Waals surface area contributed by atoms with E-state index in [4.69, 9.17) is 5.73 Å². The van der Waals surface area contributed by atoms with Gasteiger partial charge in [-0.2, -0.15) is 13.2 Å². The fourth-order valence-electron chi connectivity index (χ4n) is 2.31. The number of anilines is 1. The predicted molar refractivity (Wildman–Crippen MR) is 71.7 cm³/mol. The first-order valence-corrected chi connectivity index (χ1v) is 6.58. The Morgan fingerprint density at radius 3 is 2.62 bits per heavy atom. The number of esters is 1. The number of nitrogens with two attached hydrogens (primary N) is 1. The average Bonchev–Trinajstić information content (AvgIpc) is 3.20. The molecule has 0 radical (unpaired) electrons. The molecule has 0 bridgehead atoms. The second-order valence-corrected chi connectivity index (χ2v) is 5.12. The second-order valence-electron chi connectivity index (χ2n) is 5.12. The lowest BCUT2D eigenvalue weighted by molar-refractivity contribution is -0.148. The molecule has 2 N–H and O–H groups in total. The van der Waals surface area contributed by atoms with Crippen LogP contribution in [0.25, 0.3) is 0 Å². The van der Waals surface area contributed by atoms with Crippen molar-refractivity contribution < 1.29 is 22.7 Å². The normalized spacial score (nSPS) is 15.3. The Morgan fingerprint density at radius 1 is 1.43 bits per heavy atom. The molecule has 116 valence electrons. The van der Waals surface area contributed by atoms with Crippen molar-refractivity contribution in [3.63, 3.8) is 0 Å². The molecule has 0 aromatic heterocycles. The van der Waals surface area contributed by atoms with Crippen molar-refractivity contribution in [2.24, 2.45) is 0 Å². The van der Waals surface area contributed by atoms with E-state index in [9.17, 15) is 18.0 Å². The molecule has 7 heteroatoms. The number of methoxy groups -OCH3 is 1. The maximum atomic E-state index is 12.6. The molecule has 0 spiro atoms. The van der Waals surface area contributed by atoms with Gasteiger partial charge >= 0.3 is 12.1 Å². The molecule has 0 amide bonds. The molecule has 1 aromatic carbocycles. The lowest BCUT2D eigenvalue weighted by Crippen LogP contribution is -2.36. The Morgan fingerprint density at radius 2 is 2.10 bits per heavy atom. The van der Waals surface area contributed by atoms with Gasteiger partial charge in [0.05, 0.1) is 19.2 Å². The van der Waals surface area contributed by atoms with Crippen LogP contribution in [0.5, 0.6) is 0 Å². The molecular formula is C14H17F3N2O2. The third kappa shape index (κ3) is 4.10. The molecule has 0 heterocycles. The number of halogens is 3. The van der Waals surface area contributed by atoms with Crippen LogP contribution in [-0.4, -0.2) is 36.7 Å². The van der Waals surface area contributed by atoms with Gasteiger partial charge in [-0.1, -0.05) is 12.1 Å². The van der Waals surface area contributed by atoms with Crippen LogP contribution in [0.1, 0.15) is 28.8 Å². The van der Waals surface area contributed by atoms with Gasteiger partial charge in [-0.05, 0) is 24.5 Å². The summed E-state index contributed by atoms with van der Waals surface area (Å²) in [5, 5.41) is 0. The second kappa shape index (κ2) is 5.93. The first-order chi connectivity index (χ1) is 9.81. The Bertz CT molecular complexity index is 527. The summed E-state index contributed by atoms with van der Waals surface area (Å²) >= 11 is 0. The van der Waals surface area contributed by atoms with Crippen molar-refractivity contribution in [2.75, 3.05) is 19.4 Å². The van der Waals surface area contributed by atoms with E-state index >= 15 is 0 Å². The van der Waals surface area contributed by atoms with Gasteiger partial charge in [-0.15, -0.1) is 0 Å². The van der Waals surface area contributed by atoms with Crippen molar-refractivity contribution >= 4 is 11.7 Å². The van der Waals surface area contributed by atoms with E-state index in [0.29, 0.717) is 5.56 Å². The molecule has 21 heavy (non-hydrogen) atoms. The number of benzene rings is 1. The standard InChI is InChI=1S/C14H17F3N2O2/c1-21-13(20)12-9(3-2-4-11(12)18)7-19(10-5-6-10)8-14(15,16)17/h2-4,10H,5-8,18H2,1H3. The molecule has 1 fully saturated rings. The van der Waals surface area contributed by atoms with Crippen LogP contribution in [0.2, 0.25) is 0 Å². The number of hydrogen-bond acceptors (Lipinski definition) is 4. The van der Waals surface area contributed by atoms with Gasteiger partial charge < -0.3 is 10.5 Å². The number of nitrogen functional groups attached to an aromatic ring is 1. The molecule has 1 aliphatic rings. The molecule has 4 nitrogen and oxygen atoms in total. The third-order valence-electron chi connectivity index (χ3n) is 3.39. The molecular weight excluding hydrogens is 285 g/mol. The van der Waals surface area contributed by atoms with E-state index in [1.807, 2.05) is 0 Å². The number of nitrogens with zero attached hydrogens (tertiary/aromatic N) is 1. The van der Waals surface area contributed by atoms with E-state index in [-0.39, 0.29) is 23.8 Å². The zero-order chi connectivity index (χ0) is 15.6. The lowest BCUT2D eigenvalue weighted by Gasteiger charge is -2.24. The first-order valence-electron chi connectivity index (χ1n) is 6.58. The minimum absolute atomic E-state index is 0.0274. The van der Waals surface area contributed by atoms with E-state index in [1.165, 1.54) is 18.1 Å². The average molecular weight is 302 g/mol. The molecule has 0 aliphatic heterocycles. The molecule has 0 atom stereocenters. The van der Waals surface area contributed by atoms with Crippen LogP contribution in [-0.2, 0) is 11.3 Å². The summed E-state index contributed by atoms with van der Waals surface area (Å²) in [5.41, 5.74) is 6.56. The van der Waals surface area contributed by atoms with Gasteiger partial charge in [-0.25, -0.2) is 4.79 Å². The van der Waals surface area contributed by atoms with Crippen molar-refractivity contribution in [1.29, 1.82) is 0 Å². The number of rotatable bonds is 5. The van der Waals surface area contributed by atoms with Crippen LogP contribution < -0.4 is 5.73 Å². The lowest BCUT2D eigenvalue weighted by atomic mass is 10.0. The molecule has 2 rings (SSSR count). The summed E-state index contributed by atoms with van der Waals surface area (Å²) in [6.07, 6.45) is -2.79. The maximum Gasteiger partial charge on any atom is 0.401 e. The highest BCUT2D eigenvalue weighted by Gasteiger charge is 2.38. The number of carbonyl (C=O) groups is 1. The van der Waals surface area contributed by atoms with E-state index < -0.39 is 18.7 Å². The van der Waals surface area contributed by atoms with Gasteiger partial charge in [0.2, 0.25) is 0 Å². The topological polar surface area (TPSA) is 55.6 Å². The zero-order valence-corrected chi connectivity index (χ0v) is 11.6. The van der Waals surface area contributed by atoms with Crippen LogP contribution >= 0.6 is 0 Å². The number of hydrogen-bond donors (Lipinski definition) is 1. The van der Waals surface area contributed by atoms with E-state index in [2.05, 4.69) is 4.74 Å². The number of carbonyl (C=O) groups excluding carboxylic acids is 1. The van der Waals surface area contributed by atoms with Gasteiger partial charge in [0.15, 0.2) is 0 Å². The van der Waals surface area contributed by atoms with Crippen molar-refractivity contribution in [3.05, 3.63) is 29.3 Å². The Labute approximate surface area is 120 Å². The maximum absolute atomic E-state index is 12.6. The minimum Gasteiger partial charge on any atom is -0.465 e. The summed E-state index contributed by atoms with van der Waals surface area (Å²) in [4.78, 5) is 13.1. The van der Waals surface area contributed by atoms with Crippen LogP contribution in [0.3, 0.4) is 0 Å². The summed E-state index contributed by atoms with van der Waals surface area (Å²) in [7, 11) is 1.22. The first kappa shape index (κ1) is 15.6. The van der Waals surface area contributed by atoms with Gasteiger partial charge in [0, 0.05) is 18.3 Å². The Kier molecular flexibility index (Phi) is 4.41. The van der Waals surface area contributed by atoms with E-state index in [1.54, 1.807) is 12.1 Å². The van der Waals surface area contributed by atoms with Gasteiger partial charge in [0.25, 0.3) is 0 Å². The van der Waals surface area contributed by atoms with Crippen LogP contribution in [0, 0.1) is 0 Å². The Balaban J connectivity index is 2.24. The van der Waals surface area contributed by atoms with E-state index in [0.717, 1.165) is 12.8 Å². The highest BCUT2D eigenvalue weighted by atomic mass is 19.4. The monoisotopic (exact) mass is 302 g/mol. The predicted octanol–water partition coefficient (Wildman–Crippen LogP) is 2.58. The van der Waals surface area contributed by atoms with Crippen LogP contribution in [0.15, 0.2) is 18.2 Å². The highest BCUT2D eigenvalue weighted by molar-refractivity contribution is 5.96. The Hall–Kier alpha value is -1.76. The molecule has 1 aliphatic carbocycles. The van der Waals surface area contributed by atoms with Crippen molar-refractivity contribution in [1.82, 2.24) is 4.90 Å². The highest BCUT2D eigenvalue weighted by Crippen LogP contribution is 2.32. The van der Waals surface area contributed by atoms with Gasteiger partial charge in [0.1, 0.15) is 0 Å². The number of alkyl halides is 3. The summed E-state index contributed by atoms with van der Waals surface area (Å²) < 4.78 is 42.6. The largest absolute Gasteiger partial charge is 0.465 e. The number of ether oxygens (including phenoxy) is 1. The summed E-state index contributed by atoms with van der Waals surface area (Å²) in [6.45, 7) is -0.966.